The van der Waals surface area contributed by atoms with Crippen LogP contribution in [-0.2, 0) is 6.18 Å². The van der Waals surface area contributed by atoms with E-state index in [4.69, 9.17) is 0 Å². The van der Waals surface area contributed by atoms with Crippen molar-refractivity contribution in [2.45, 2.75) is 25.6 Å². The first kappa shape index (κ1) is 16.7. The molecule has 0 aliphatic heterocycles. The van der Waals surface area contributed by atoms with Crippen LogP contribution in [0.1, 0.15) is 28.9 Å². The second-order valence-corrected chi connectivity index (χ2v) is 6.13. The number of nitrogens with zero attached hydrogens (tertiary/aromatic N) is 4. The molecule has 1 unspecified atom stereocenters. The van der Waals surface area contributed by atoms with Gasteiger partial charge in [0.1, 0.15) is 5.82 Å². The Morgan fingerprint density at radius 2 is 2.17 bits per heavy atom. The van der Waals surface area contributed by atoms with Crippen molar-refractivity contribution in [1.82, 2.24) is 19.6 Å². The van der Waals surface area contributed by atoms with Crippen molar-refractivity contribution in [3.8, 4) is 0 Å². The van der Waals surface area contributed by atoms with Crippen molar-refractivity contribution >= 4 is 22.9 Å². The average molecular weight is 357 g/mol. The largest absolute Gasteiger partial charge is 0.453 e. The summed E-state index contributed by atoms with van der Waals surface area (Å²) < 4.78 is 39.6. The minimum Gasteiger partial charge on any atom is -0.396 e. The molecule has 3 heterocycles. The second-order valence-electron chi connectivity index (χ2n) is 5.15. The van der Waals surface area contributed by atoms with Gasteiger partial charge in [-0.1, -0.05) is 6.07 Å². The second kappa shape index (κ2) is 6.36. The van der Waals surface area contributed by atoms with Crippen molar-refractivity contribution in [2.75, 3.05) is 11.9 Å². The van der Waals surface area contributed by atoms with Crippen LogP contribution in [0.3, 0.4) is 0 Å². The number of alkyl halides is 3. The molecule has 1 atom stereocenters. The molecule has 0 aliphatic carbocycles. The Bertz CT molecular complexity index is 831. The maximum Gasteiger partial charge on any atom is 0.453 e. The van der Waals surface area contributed by atoms with E-state index in [1.165, 1.54) is 11.3 Å². The van der Waals surface area contributed by atoms with Crippen LogP contribution in [0, 0.1) is 6.92 Å². The topological polar surface area (TPSA) is 75.3 Å². The third-order valence-electron chi connectivity index (χ3n) is 3.32. The molecule has 3 rings (SSSR count). The Hall–Kier alpha value is -2.20. The lowest BCUT2D eigenvalue weighted by molar-refractivity contribution is -0.144. The highest BCUT2D eigenvalue weighted by molar-refractivity contribution is 7.10. The number of anilines is 1. The van der Waals surface area contributed by atoms with Gasteiger partial charge < -0.3 is 10.4 Å². The SMILES string of the molecule is Cc1cc(NC(CCO)c2cccs2)n2nc(C(F)(F)F)nc2n1. The first-order valence-electron chi connectivity index (χ1n) is 7.11. The fourth-order valence-electron chi connectivity index (χ4n) is 2.29. The van der Waals surface area contributed by atoms with Crippen LogP contribution in [0.5, 0.6) is 0 Å². The number of rotatable bonds is 5. The minimum absolute atomic E-state index is 0.0616. The average Bonchev–Trinajstić information content (AvgIpc) is 3.15. The van der Waals surface area contributed by atoms with E-state index < -0.39 is 12.0 Å². The monoisotopic (exact) mass is 357 g/mol. The summed E-state index contributed by atoms with van der Waals surface area (Å²) in [5, 5.41) is 17.8. The summed E-state index contributed by atoms with van der Waals surface area (Å²) in [5.74, 6) is -1.02. The quantitative estimate of drug-likeness (QED) is 0.734. The maximum absolute atomic E-state index is 12.8. The molecule has 0 bridgehead atoms. The summed E-state index contributed by atoms with van der Waals surface area (Å²) in [7, 11) is 0. The Balaban J connectivity index is 2.02. The number of nitrogens with one attached hydrogen (secondary N) is 1. The molecule has 0 aliphatic rings. The smallest absolute Gasteiger partial charge is 0.396 e. The van der Waals surface area contributed by atoms with Crippen molar-refractivity contribution in [3.05, 3.63) is 40.0 Å². The fourth-order valence-corrected chi connectivity index (χ4v) is 3.10. The molecule has 0 saturated heterocycles. The van der Waals surface area contributed by atoms with Crippen molar-refractivity contribution in [3.63, 3.8) is 0 Å². The summed E-state index contributed by atoms with van der Waals surface area (Å²) in [6, 6.07) is 5.11. The van der Waals surface area contributed by atoms with Crippen LogP contribution in [-0.4, -0.2) is 31.3 Å². The van der Waals surface area contributed by atoms with E-state index in [1.807, 2.05) is 17.5 Å². The Labute approximate surface area is 139 Å². The molecule has 0 amide bonds. The number of aliphatic hydroxyl groups is 1. The zero-order valence-corrected chi connectivity index (χ0v) is 13.4. The number of aryl methyl sites for hydroxylation is 1. The fraction of sp³-hybridized carbons (Fsp3) is 0.357. The van der Waals surface area contributed by atoms with Gasteiger partial charge in [-0.15, -0.1) is 16.4 Å². The van der Waals surface area contributed by atoms with Gasteiger partial charge in [0, 0.05) is 23.2 Å². The highest BCUT2D eigenvalue weighted by Crippen LogP contribution is 2.29. The van der Waals surface area contributed by atoms with Gasteiger partial charge in [-0.2, -0.15) is 22.7 Å². The van der Waals surface area contributed by atoms with Crippen molar-refractivity contribution < 1.29 is 18.3 Å². The van der Waals surface area contributed by atoms with Gasteiger partial charge in [-0.25, -0.2) is 4.98 Å². The number of aliphatic hydroxyl groups excluding tert-OH is 1. The molecule has 3 aromatic heterocycles. The number of aromatic nitrogens is 4. The van der Waals surface area contributed by atoms with E-state index in [-0.39, 0.29) is 18.4 Å². The van der Waals surface area contributed by atoms with Crippen molar-refractivity contribution in [1.29, 1.82) is 0 Å². The Morgan fingerprint density at radius 3 is 2.79 bits per heavy atom. The maximum atomic E-state index is 12.8. The van der Waals surface area contributed by atoms with Gasteiger partial charge >= 0.3 is 6.18 Å². The third-order valence-corrected chi connectivity index (χ3v) is 4.31. The molecule has 0 saturated carbocycles. The summed E-state index contributed by atoms with van der Waals surface area (Å²) in [6.45, 7) is 1.60. The summed E-state index contributed by atoms with van der Waals surface area (Å²) in [5.41, 5.74) is 0.514. The predicted molar refractivity (Wildman–Crippen MR) is 82.9 cm³/mol. The van der Waals surface area contributed by atoms with Gasteiger partial charge in [0.25, 0.3) is 11.6 Å². The molecule has 0 fully saturated rings. The summed E-state index contributed by atoms with van der Waals surface area (Å²) in [4.78, 5) is 8.40. The molecule has 0 radical (unpaired) electrons. The molecule has 6 nitrogen and oxygen atoms in total. The zero-order chi connectivity index (χ0) is 17.3. The van der Waals surface area contributed by atoms with E-state index in [9.17, 15) is 18.3 Å². The van der Waals surface area contributed by atoms with Gasteiger partial charge in [-0.3, -0.25) is 0 Å². The zero-order valence-electron chi connectivity index (χ0n) is 12.6. The van der Waals surface area contributed by atoms with E-state index >= 15 is 0 Å². The van der Waals surface area contributed by atoms with E-state index in [1.54, 1.807) is 13.0 Å². The van der Waals surface area contributed by atoms with Gasteiger partial charge in [0.2, 0.25) is 0 Å². The predicted octanol–water partition coefficient (Wildman–Crippen LogP) is 3.05. The first-order chi connectivity index (χ1) is 11.4. The summed E-state index contributed by atoms with van der Waals surface area (Å²) >= 11 is 1.49. The van der Waals surface area contributed by atoms with Crippen LogP contribution < -0.4 is 5.32 Å². The molecule has 0 spiro atoms. The van der Waals surface area contributed by atoms with Crippen LogP contribution in [0.25, 0.3) is 5.78 Å². The molecule has 2 N–H and O–H groups in total. The lowest BCUT2D eigenvalue weighted by Crippen LogP contribution is -2.15. The van der Waals surface area contributed by atoms with Crippen LogP contribution in [0.2, 0.25) is 0 Å². The Kier molecular flexibility index (Phi) is 4.41. The molecular weight excluding hydrogens is 343 g/mol. The number of hydrogen-bond acceptors (Lipinski definition) is 6. The van der Waals surface area contributed by atoms with Gasteiger partial charge in [-0.05, 0) is 24.8 Å². The van der Waals surface area contributed by atoms with Crippen LogP contribution in [0.4, 0.5) is 19.0 Å². The molecule has 24 heavy (non-hydrogen) atoms. The lowest BCUT2D eigenvalue weighted by Gasteiger charge is -2.18. The standard InChI is InChI=1S/C14H14F3N5OS/c1-8-7-11(19-9(4-5-23)10-3-2-6-24-10)22-13(18-8)20-12(21-22)14(15,16)17/h2-3,6-7,9,19,23H,4-5H2,1H3. The first-order valence-corrected chi connectivity index (χ1v) is 7.99. The normalized spacial score (nSPS) is 13.4. The number of fused-ring (bicyclic) bond motifs is 1. The van der Waals surface area contributed by atoms with Crippen LogP contribution in [0.15, 0.2) is 23.6 Å². The number of halogens is 3. The van der Waals surface area contributed by atoms with E-state index in [0.29, 0.717) is 17.9 Å². The molecule has 10 heteroatoms. The van der Waals surface area contributed by atoms with Crippen molar-refractivity contribution in [2.24, 2.45) is 0 Å². The van der Waals surface area contributed by atoms with E-state index in [0.717, 1.165) is 9.39 Å². The van der Waals surface area contributed by atoms with Gasteiger partial charge in [0.15, 0.2) is 0 Å². The molecule has 128 valence electrons. The lowest BCUT2D eigenvalue weighted by atomic mass is 10.2. The molecular formula is C14H14F3N5OS. The third kappa shape index (κ3) is 3.34. The van der Waals surface area contributed by atoms with Crippen LogP contribution >= 0.6 is 11.3 Å². The summed E-state index contributed by atoms with van der Waals surface area (Å²) in [6.07, 6.45) is -4.23. The molecule has 3 aromatic rings. The minimum atomic E-state index is -4.64. The van der Waals surface area contributed by atoms with Gasteiger partial charge in [0.05, 0.1) is 6.04 Å². The highest BCUT2D eigenvalue weighted by atomic mass is 32.1. The van der Waals surface area contributed by atoms with E-state index in [2.05, 4.69) is 20.4 Å². The number of hydrogen-bond donors (Lipinski definition) is 2. The number of thiophene rings is 1. The molecule has 0 aromatic carbocycles. The highest BCUT2D eigenvalue weighted by Gasteiger charge is 2.37. The Morgan fingerprint density at radius 1 is 1.38 bits per heavy atom.